The van der Waals surface area contributed by atoms with Crippen LogP contribution in [0.4, 0.5) is 30.5 Å². The van der Waals surface area contributed by atoms with Crippen LogP contribution in [-0.2, 0) is 17.4 Å². The number of halogens is 3. The molecule has 2 aromatic carbocycles. The van der Waals surface area contributed by atoms with Crippen molar-refractivity contribution in [3.05, 3.63) is 71.0 Å². The van der Waals surface area contributed by atoms with Gasteiger partial charge in [-0.25, -0.2) is 14.8 Å². The first-order valence-corrected chi connectivity index (χ1v) is 13.4. The number of nitrogens with zero attached hydrogens (tertiary/aromatic N) is 3. The minimum absolute atomic E-state index is 0.126. The third-order valence-electron chi connectivity index (χ3n) is 7.56. The van der Waals surface area contributed by atoms with Crippen LogP contribution in [0.3, 0.4) is 0 Å². The molecule has 0 bridgehead atoms. The van der Waals surface area contributed by atoms with Crippen molar-refractivity contribution in [2.75, 3.05) is 23.9 Å². The molecule has 2 heterocycles. The number of carbonyl (C=O) groups excluding carboxylic acids is 2. The number of amides is 2. The van der Waals surface area contributed by atoms with Crippen LogP contribution in [0.2, 0.25) is 0 Å². The molecular weight excluding hydrogens is 555 g/mol. The Morgan fingerprint density at radius 3 is 2.50 bits per heavy atom. The zero-order chi connectivity index (χ0) is 30.1. The molecule has 0 atom stereocenters. The number of hydrogen-bond acceptors (Lipinski definition) is 7. The lowest BCUT2D eigenvalue weighted by Gasteiger charge is -2.34. The van der Waals surface area contributed by atoms with Gasteiger partial charge in [0.2, 0.25) is 5.95 Å². The average molecular weight is 584 g/mol. The number of benzene rings is 2. The number of anilines is 3. The first-order chi connectivity index (χ1) is 20.0. The van der Waals surface area contributed by atoms with E-state index < -0.39 is 34.8 Å². The van der Waals surface area contributed by atoms with Crippen LogP contribution in [0, 0.1) is 0 Å². The highest BCUT2D eigenvalue weighted by Crippen LogP contribution is 2.38. The Morgan fingerprint density at radius 2 is 1.81 bits per heavy atom. The van der Waals surface area contributed by atoms with Gasteiger partial charge in [0.15, 0.2) is 5.69 Å². The highest BCUT2D eigenvalue weighted by molar-refractivity contribution is 6.04. The topological polar surface area (TPSA) is 134 Å². The Kier molecular flexibility index (Phi) is 7.76. The summed E-state index contributed by atoms with van der Waals surface area (Å²) in [6.07, 6.45) is -1.65. The van der Waals surface area contributed by atoms with Gasteiger partial charge in [0.25, 0.3) is 11.8 Å². The van der Waals surface area contributed by atoms with Crippen LogP contribution in [-0.4, -0.2) is 52.1 Å². The number of carbonyl (C=O) groups is 3. The van der Waals surface area contributed by atoms with Crippen LogP contribution in [0.1, 0.15) is 64.1 Å². The van der Waals surface area contributed by atoms with Crippen molar-refractivity contribution in [3.8, 4) is 5.75 Å². The van der Waals surface area contributed by atoms with E-state index in [0.717, 1.165) is 18.2 Å². The molecule has 2 amide bonds. The van der Waals surface area contributed by atoms with E-state index in [-0.39, 0.29) is 31.2 Å². The van der Waals surface area contributed by atoms with E-state index in [4.69, 9.17) is 4.74 Å². The van der Waals surface area contributed by atoms with E-state index in [1.807, 2.05) is 0 Å². The smallest absolute Gasteiger partial charge is 0.434 e. The number of alkyl halides is 3. The summed E-state index contributed by atoms with van der Waals surface area (Å²) < 4.78 is 47.5. The maximum Gasteiger partial charge on any atom is 0.434 e. The van der Waals surface area contributed by atoms with Gasteiger partial charge in [-0.1, -0.05) is 25.3 Å². The maximum atomic E-state index is 14.1. The second kappa shape index (κ2) is 11.3. The average Bonchev–Trinajstić information content (AvgIpc) is 3.40. The van der Waals surface area contributed by atoms with Crippen LogP contribution in [0.25, 0.3) is 0 Å². The first kappa shape index (κ1) is 28.8. The van der Waals surface area contributed by atoms with Crippen LogP contribution < -0.4 is 20.3 Å². The summed E-state index contributed by atoms with van der Waals surface area (Å²) in [5.74, 6) is -2.54. The molecule has 0 saturated heterocycles. The zero-order valence-electron chi connectivity index (χ0n) is 22.6. The second-order valence-corrected chi connectivity index (χ2v) is 10.3. The number of carboxylic acids is 1. The van der Waals surface area contributed by atoms with Gasteiger partial charge in [-0.05, 0) is 61.2 Å². The van der Waals surface area contributed by atoms with Gasteiger partial charge in [0.05, 0.1) is 12.7 Å². The van der Waals surface area contributed by atoms with Gasteiger partial charge >= 0.3 is 12.1 Å². The minimum Gasteiger partial charge on any atom is -0.497 e. The van der Waals surface area contributed by atoms with Gasteiger partial charge in [0.1, 0.15) is 11.3 Å². The van der Waals surface area contributed by atoms with Crippen molar-refractivity contribution in [3.63, 3.8) is 0 Å². The van der Waals surface area contributed by atoms with Crippen molar-refractivity contribution in [2.24, 2.45) is 0 Å². The normalized spacial score (nSPS) is 16.0. The molecule has 10 nitrogen and oxygen atoms in total. The number of methoxy groups -OCH3 is 1. The lowest BCUT2D eigenvalue weighted by Crippen LogP contribution is -2.55. The Hall–Kier alpha value is -4.68. The van der Waals surface area contributed by atoms with E-state index in [0.29, 0.717) is 42.0 Å². The van der Waals surface area contributed by atoms with Crippen LogP contribution in [0.5, 0.6) is 5.75 Å². The molecule has 1 fully saturated rings. The molecule has 1 aliphatic heterocycles. The highest BCUT2D eigenvalue weighted by atomic mass is 19.4. The van der Waals surface area contributed by atoms with Crippen molar-refractivity contribution in [1.29, 1.82) is 0 Å². The third-order valence-corrected chi connectivity index (χ3v) is 7.56. The number of carboxylic acid groups (broad SMARTS) is 1. The highest BCUT2D eigenvalue weighted by Gasteiger charge is 2.44. The standard InChI is InChI=1S/C29H28F3N5O5/c1-42-20-7-5-6-18(15-20)24(38)34-19-8-9-22-17(14-19)10-13-37(22)27-33-16-21(23(35-27)29(30,31)32)25(39)36-28(26(40)41)11-3-2-4-12-28/h5-9,14-16H,2-4,10-13H2,1H3,(H,34,38)(H,36,39)(H,40,41). The fourth-order valence-electron chi connectivity index (χ4n) is 5.37. The molecule has 13 heteroatoms. The minimum atomic E-state index is -5.00. The van der Waals surface area contributed by atoms with Crippen LogP contribution in [0.15, 0.2) is 48.7 Å². The van der Waals surface area contributed by atoms with E-state index in [9.17, 15) is 32.7 Å². The summed E-state index contributed by atoms with van der Waals surface area (Å²) in [5, 5.41) is 14.9. The number of nitrogens with one attached hydrogen (secondary N) is 2. The molecular formula is C29H28F3N5O5. The molecule has 0 spiro atoms. The third kappa shape index (κ3) is 5.71. The lowest BCUT2D eigenvalue weighted by molar-refractivity contribution is -0.145. The van der Waals surface area contributed by atoms with Crippen molar-refractivity contribution in [2.45, 2.75) is 50.2 Å². The number of fused-ring (bicyclic) bond motifs is 1. The van der Waals surface area contributed by atoms with E-state index >= 15 is 0 Å². The van der Waals surface area contributed by atoms with Crippen molar-refractivity contribution >= 4 is 35.1 Å². The summed E-state index contributed by atoms with van der Waals surface area (Å²) in [6.45, 7) is 0.271. The molecule has 0 unspecified atom stereocenters. The summed E-state index contributed by atoms with van der Waals surface area (Å²) in [7, 11) is 1.50. The van der Waals surface area contributed by atoms with Gasteiger partial charge in [-0.3, -0.25) is 9.59 Å². The lowest BCUT2D eigenvalue weighted by atomic mass is 9.81. The molecule has 1 aromatic heterocycles. The molecule has 220 valence electrons. The predicted molar refractivity (Wildman–Crippen MR) is 146 cm³/mol. The van der Waals surface area contributed by atoms with Crippen molar-refractivity contribution < 1.29 is 37.4 Å². The number of ether oxygens (including phenoxy) is 1. The van der Waals surface area contributed by atoms with Crippen LogP contribution >= 0.6 is 0 Å². The maximum absolute atomic E-state index is 14.1. The number of rotatable bonds is 7. The molecule has 3 aromatic rings. The SMILES string of the molecule is COc1cccc(C(=O)Nc2ccc3c(c2)CCN3c2ncc(C(=O)NC3(C(=O)O)CCCCC3)c(C(F)(F)F)n2)c1. The Morgan fingerprint density at radius 1 is 1.05 bits per heavy atom. The number of hydrogen-bond donors (Lipinski definition) is 3. The molecule has 0 radical (unpaired) electrons. The Balaban J connectivity index is 1.38. The molecule has 1 saturated carbocycles. The molecule has 42 heavy (non-hydrogen) atoms. The van der Waals surface area contributed by atoms with Gasteiger partial charge in [-0.15, -0.1) is 0 Å². The van der Waals surface area contributed by atoms with E-state index in [2.05, 4.69) is 20.6 Å². The van der Waals surface area contributed by atoms with Gasteiger partial charge in [-0.2, -0.15) is 13.2 Å². The summed E-state index contributed by atoms with van der Waals surface area (Å²) >= 11 is 0. The molecule has 5 rings (SSSR count). The fourth-order valence-corrected chi connectivity index (χ4v) is 5.37. The monoisotopic (exact) mass is 583 g/mol. The summed E-state index contributed by atoms with van der Waals surface area (Å²) in [6, 6.07) is 11.7. The Bertz CT molecular complexity index is 1540. The second-order valence-electron chi connectivity index (χ2n) is 10.3. The first-order valence-electron chi connectivity index (χ1n) is 13.4. The largest absolute Gasteiger partial charge is 0.497 e. The summed E-state index contributed by atoms with van der Waals surface area (Å²) in [4.78, 5) is 46.9. The summed E-state index contributed by atoms with van der Waals surface area (Å²) in [5.41, 5.74) is -1.70. The predicted octanol–water partition coefficient (Wildman–Crippen LogP) is 4.97. The number of aliphatic carboxylic acids is 1. The van der Waals surface area contributed by atoms with E-state index in [1.165, 1.54) is 12.0 Å². The quantitative estimate of drug-likeness (QED) is 0.355. The number of aromatic nitrogens is 2. The van der Waals surface area contributed by atoms with Gasteiger partial charge < -0.3 is 25.4 Å². The Labute approximate surface area is 238 Å². The molecule has 1 aliphatic carbocycles. The fraction of sp³-hybridized carbons (Fsp3) is 0.345. The molecule has 2 aliphatic rings. The zero-order valence-corrected chi connectivity index (χ0v) is 22.6. The molecule has 3 N–H and O–H groups in total. The van der Waals surface area contributed by atoms with Gasteiger partial charge in [0, 0.05) is 29.7 Å². The van der Waals surface area contributed by atoms with E-state index in [1.54, 1.807) is 42.5 Å². The van der Waals surface area contributed by atoms with Crippen molar-refractivity contribution in [1.82, 2.24) is 15.3 Å².